The van der Waals surface area contributed by atoms with Gasteiger partial charge in [-0.05, 0) is 30.3 Å². The summed E-state index contributed by atoms with van der Waals surface area (Å²) in [5.74, 6) is 0. The number of hydrogen-bond acceptors (Lipinski definition) is 2. The molecule has 0 heterocycles. The van der Waals surface area contributed by atoms with E-state index in [9.17, 15) is 0 Å². The highest BCUT2D eigenvalue weighted by atomic mass is 35.5. The average Bonchev–Trinajstić information content (AvgIpc) is 2.10. The van der Waals surface area contributed by atoms with Crippen molar-refractivity contribution in [3.63, 3.8) is 0 Å². The van der Waals surface area contributed by atoms with E-state index in [4.69, 9.17) is 16.3 Å². The van der Waals surface area contributed by atoms with Crippen LogP contribution in [-0.2, 0) is 17.9 Å². The highest BCUT2D eigenvalue weighted by molar-refractivity contribution is 6.30. The summed E-state index contributed by atoms with van der Waals surface area (Å²) in [5, 5.41) is 3.86. The van der Waals surface area contributed by atoms with Gasteiger partial charge in [0.2, 0.25) is 0 Å². The van der Waals surface area contributed by atoms with E-state index < -0.39 is 0 Å². The molecule has 0 saturated heterocycles. The van der Waals surface area contributed by atoms with Gasteiger partial charge < -0.3 is 10.1 Å². The number of methoxy groups -OCH3 is 1. The topological polar surface area (TPSA) is 21.3 Å². The smallest absolute Gasteiger partial charge is 0.0716 e. The summed E-state index contributed by atoms with van der Waals surface area (Å²) >= 11 is 5.88. The minimum absolute atomic E-state index is 0.633. The first-order chi connectivity index (χ1) is 6.27. The molecule has 0 radical (unpaired) electrons. The molecule has 0 saturated carbocycles. The van der Waals surface area contributed by atoms with Crippen LogP contribution in [0.2, 0.25) is 5.02 Å². The first-order valence-electron chi connectivity index (χ1n) is 4.18. The van der Waals surface area contributed by atoms with Gasteiger partial charge >= 0.3 is 0 Å². The van der Waals surface area contributed by atoms with Crippen molar-refractivity contribution in [2.24, 2.45) is 0 Å². The van der Waals surface area contributed by atoms with Crippen molar-refractivity contribution in [1.82, 2.24) is 5.32 Å². The van der Waals surface area contributed by atoms with E-state index in [1.54, 1.807) is 7.11 Å². The van der Waals surface area contributed by atoms with E-state index in [0.29, 0.717) is 6.61 Å². The lowest BCUT2D eigenvalue weighted by Gasteiger charge is -2.08. The Morgan fingerprint density at radius 1 is 1.38 bits per heavy atom. The van der Waals surface area contributed by atoms with Gasteiger partial charge in [-0.2, -0.15) is 0 Å². The third-order valence-corrected chi connectivity index (χ3v) is 2.07. The van der Waals surface area contributed by atoms with Crippen molar-refractivity contribution in [2.75, 3.05) is 14.2 Å². The molecule has 0 atom stereocenters. The number of rotatable bonds is 4. The van der Waals surface area contributed by atoms with E-state index in [0.717, 1.165) is 11.6 Å². The summed E-state index contributed by atoms with van der Waals surface area (Å²) in [4.78, 5) is 0. The fourth-order valence-electron chi connectivity index (χ4n) is 1.25. The van der Waals surface area contributed by atoms with Crippen LogP contribution in [0.1, 0.15) is 11.1 Å². The summed E-state index contributed by atoms with van der Waals surface area (Å²) in [6.45, 7) is 1.45. The lowest BCUT2D eigenvalue weighted by molar-refractivity contribution is 0.184. The van der Waals surface area contributed by atoms with Crippen LogP contribution in [0.15, 0.2) is 18.2 Å². The fourth-order valence-corrected chi connectivity index (χ4v) is 1.44. The molecule has 3 heteroatoms. The number of ether oxygens (including phenoxy) is 1. The molecule has 1 rings (SSSR count). The second kappa shape index (κ2) is 5.22. The predicted molar refractivity (Wildman–Crippen MR) is 54.9 cm³/mol. The lowest BCUT2D eigenvalue weighted by Crippen LogP contribution is -2.08. The standard InChI is InChI=1S/C10H14ClNO/c1-12-6-9-5-10(11)4-3-8(9)7-13-2/h3-5,12H,6-7H2,1-2H3. The normalized spacial score (nSPS) is 10.4. The van der Waals surface area contributed by atoms with Gasteiger partial charge in [-0.1, -0.05) is 17.7 Å². The maximum absolute atomic E-state index is 5.88. The fraction of sp³-hybridized carbons (Fsp3) is 0.400. The zero-order chi connectivity index (χ0) is 9.68. The van der Waals surface area contributed by atoms with Gasteiger partial charge in [0, 0.05) is 18.7 Å². The van der Waals surface area contributed by atoms with Crippen LogP contribution in [0.25, 0.3) is 0 Å². The largest absolute Gasteiger partial charge is 0.380 e. The minimum atomic E-state index is 0.633. The molecule has 1 aromatic carbocycles. The van der Waals surface area contributed by atoms with E-state index in [2.05, 4.69) is 5.32 Å². The Morgan fingerprint density at radius 3 is 2.77 bits per heavy atom. The zero-order valence-corrected chi connectivity index (χ0v) is 8.69. The Morgan fingerprint density at radius 2 is 2.15 bits per heavy atom. The Labute approximate surface area is 83.9 Å². The molecule has 0 spiro atoms. The van der Waals surface area contributed by atoms with Crippen LogP contribution in [0, 0.1) is 0 Å². The Kier molecular flexibility index (Phi) is 4.22. The van der Waals surface area contributed by atoms with Gasteiger partial charge in [0.1, 0.15) is 0 Å². The summed E-state index contributed by atoms with van der Waals surface area (Å²) in [5.41, 5.74) is 2.37. The monoisotopic (exact) mass is 199 g/mol. The Balaban J connectivity index is 2.89. The highest BCUT2D eigenvalue weighted by Crippen LogP contribution is 2.16. The van der Waals surface area contributed by atoms with Crippen LogP contribution >= 0.6 is 11.6 Å². The van der Waals surface area contributed by atoms with Gasteiger partial charge in [-0.25, -0.2) is 0 Å². The molecule has 1 aromatic rings. The van der Waals surface area contributed by atoms with Gasteiger partial charge in [0.05, 0.1) is 6.61 Å². The van der Waals surface area contributed by atoms with E-state index in [-0.39, 0.29) is 0 Å². The van der Waals surface area contributed by atoms with Gasteiger partial charge in [-0.15, -0.1) is 0 Å². The highest BCUT2D eigenvalue weighted by Gasteiger charge is 2.01. The Hall–Kier alpha value is -0.570. The van der Waals surface area contributed by atoms with Crippen LogP contribution in [0.5, 0.6) is 0 Å². The maximum atomic E-state index is 5.88. The summed E-state index contributed by atoms with van der Waals surface area (Å²) < 4.78 is 5.08. The molecule has 0 unspecified atom stereocenters. The summed E-state index contributed by atoms with van der Waals surface area (Å²) in [6.07, 6.45) is 0. The van der Waals surface area contributed by atoms with Gasteiger partial charge in [0.25, 0.3) is 0 Å². The average molecular weight is 200 g/mol. The van der Waals surface area contributed by atoms with Crippen molar-refractivity contribution >= 4 is 11.6 Å². The summed E-state index contributed by atoms with van der Waals surface area (Å²) in [6, 6.07) is 5.85. The molecule has 0 aromatic heterocycles. The first kappa shape index (κ1) is 10.5. The maximum Gasteiger partial charge on any atom is 0.0716 e. The molecule has 13 heavy (non-hydrogen) atoms. The predicted octanol–water partition coefficient (Wildman–Crippen LogP) is 2.21. The summed E-state index contributed by atoms with van der Waals surface area (Å²) in [7, 11) is 3.61. The number of halogens is 1. The van der Waals surface area contributed by atoms with Crippen molar-refractivity contribution < 1.29 is 4.74 Å². The first-order valence-corrected chi connectivity index (χ1v) is 4.56. The molecule has 0 aliphatic carbocycles. The van der Waals surface area contributed by atoms with Crippen molar-refractivity contribution in [3.8, 4) is 0 Å². The Bertz CT molecular complexity index is 276. The number of nitrogens with one attached hydrogen (secondary N) is 1. The van der Waals surface area contributed by atoms with E-state index >= 15 is 0 Å². The van der Waals surface area contributed by atoms with E-state index in [1.165, 1.54) is 11.1 Å². The molecule has 0 aliphatic rings. The van der Waals surface area contributed by atoms with Crippen molar-refractivity contribution in [2.45, 2.75) is 13.2 Å². The lowest BCUT2D eigenvalue weighted by atomic mass is 10.1. The third-order valence-electron chi connectivity index (χ3n) is 1.84. The van der Waals surface area contributed by atoms with Crippen LogP contribution in [-0.4, -0.2) is 14.2 Å². The quantitative estimate of drug-likeness (QED) is 0.803. The number of benzene rings is 1. The van der Waals surface area contributed by atoms with Crippen LogP contribution in [0.4, 0.5) is 0 Å². The molecule has 1 N–H and O–H groups in total. The molecule has 0 bridgehead atoms. The van der Waals surface area contributed by atoms with Gasteiger partial charge in [-0.3, -0.25) is 0 Å². The van der Waals surface area contributed by atoms with Crippen LogP contribution < -0.4 is 5.32 Å². The van der Waals surface area contributed by atoms with Gasteiger partial charge in [0.15, 0.2) is 0 Å². The van der Waals surface area contributed by atoms with Crippen molar-refractivity contribution in [1.29, 1.82) is 0 Å². The molecule has 0 aliphatic heterocycles. The second-order valence-corrected chi connectivity index (χ2v) is 3.31. The van der Waals surface area contributed by atoms with Crippen LogP contribution in [0.3, 0.4) is 0 Å². The van der Waals surface area contributed by atoms with Crippen molar-refractivity contribution in [3.05, 3.63) is 34.3 Å². The molecule has 2 nitrogen and oxygen atoms in total. The zero-order valence-electron chi connectivity index (χ0n) is 7.93. The molecule has 72 valence electrons. The molecule has 0 fully saturated rings. The molecular weight excluding hydrogens is 186 g/mol. The third kappa shape index (κ3) is 2.99. The second-order valence-electron chi connectivity index (χ2n) is 2.88. The molecule has 0 amide bonds. The molecular formula is C10H14ClNO. The number of hydrogen-bond donors (Lipinski definition) is 1. The SMILES string of the molecule is CNCc1cc(Cl)ccc1COC. The minimum Gasteiger partial charge on any atom is -0.380 e. The van der Waals surface area contributed by atoms with E-state index in [1.807, 2.05) is 25.2 Å².